The normalized spacial score (nSPS) is 11.9. The number of nitrogens with one attached hydrogen (secondary N) is 1. The van der Waals surface area contributed by atoms with Crippen LogP contribution in [0.25, 0.3) is 0 Å². The van der Waals surface area contributed by atoms with Crippen LogP contribution in [-0.4, -0.2) is 6.54 Å². The number of nitrogens with zero attached hydrogens (tertiary/aromatic N) is 1. The van der Waals surface area contributed by atoms with Gasteiger partial charge in [-0.15, -0.1) is 0 Å². The fraction of sp³-hybridized carbons (Fsp3) is 0.364. The second-order valence-electron chi connectivity index (χ2n) is 3.37. The molecule has 0 bridgehead atoms. The predicted molar refractivity (Wildman–Crippen MR) is 62.1 cm³/mol. The molecule has 1 N–H and O–H groups in total. The summed E-state index contributed by atoms with van der Waals surface area (Å²) in [6.45, 7) is 4.64. The Hall–Kier alpha value is -1.01. The van der Waals surface area contributed by atoms with Gasteiger partial charge in [-0.1, -0.05) is 22.0 Å². The largest absolute Gasteiger partial charge is 0.383 e. The first-order valence-electron chi connectivity index (χ1n) is 4.53. The smallest absolute Gasteiger partial charge is 0.0671 e. The van der Waals surface area contributed by atoms with Gasteiger partial charge >= 0.3 is 0 Å². The lowest BCUT2D eigenvalue weighted by Gasteiger charge is -2.10. The predicted octanol–water partition coefficient (Wildman–Crippen LogP) is 3.33. The molecule has 74 valence electrons. The van der Waals surface area contributed by atoms with Crippen LogP contribution in [0.1, 0.15) is 12.5 Å². The number of hydrogen-bond acceptors (Lipinski definition) is 2. The van der Waals surface area contributed by atoms with Gasteiger partial charge in [0.2, 0.25) is 0 Å². The van der Waals surface area contributed by atoms with Crippen LogP contribution in [0.15, 0.2) is 22.7 Å². The van der Waals surface area contributed by atoms with Crippen molar-refractivity contribution in [2.24, 2.45) is 5.92 Å². The van der Waals surface area contributed by atoms with Gasteiger partial charge in [0.05, 0.1) is 12.0 Å². The lowest BCUT2D eigenvalue weighted by molar-refractivity contribution is 0.785. The molecule has 0 saturated heterocycles. The SMILES string of the molecule is Cc1ccc(Br)cc1NCC(C)C#N. The molecule has 1 aromatic rings. The van der Waals surface area contributed by atoms with Crippen LogP contribution in [0.4, 0.5) is 5.69 Å². The molecule has 0 fully saturated rings. The number of aryl methyl sites for hydroxylation is 1. The van der Waals surface area contributed by atoms with Crippen molar-refractivity contribution < 1.29 is 0 Å². The van der Waals surface area contributed by atoms with Crippen molar-refractivity contribution in [1.82, 2.24) is 0 Å². The number of anilines is 1. The third kappa shape index (κ3) is 3.04. The van der Waals surface area contributed by atoms with E-state index < -0.39 is 0 Å². The van der Waals surface area contributed by atoms with Crippen molar-refractivity contribution in [3.05, 3.63) is 28.2 Å². The molecule has 0 aliphatic heterocycles. The maximum atomic E-state index is 8.64. The number of rotatable bonds is 3. The topological polar surface area (TPSA) is 35.8 Å². The van der Waals surface area contributed by atoms with Crippen molar-refractivity contribution >= 4 is 21.6 Å². The van der Waals surface area contributed by atoms with Crippen LogP contribution in [0.3, 0.4) is 0 Å². The highest BCUT2D eigenvalue weighted by Gasteiger charge is 2.01. The Morgan fingerprint density at radius 2 is 2.29 bits per heavy atom. The van der Waals surface area contributed by atoms with Crippen molar-refractivity contribution in [1.29, 1.82) is 5.26 Å². The summed E-state index contributed by atoms with van der Waals surface area (Å²) in [6.07, 6.45) is 0. The Balaban J connectivity index is 2.67. The lowest BCUT2D eigenvalue weighted by Crippen LogP contribution is -2.10. The molecule has 1 aromatic carbocycles. The van der Waals surface area contributed by atoms with E-state index in [1.54, 1.807) is 0 Å². The summed E-state index contributed by atoms with van der Waals surface area (Å²) in [5.41, 5.74) is 2.28. The summed E-state index contributed by atoms with van der Waals surface area (Å²) >= 11 is 3.42. The van der Waals surface area contributed by atoms with E-state index in [0.29, 0.717) is 6.54 Å². The average molecular weight is 253 g/mol. The molecular formula is C11H13BrN2. The van der Waals surface area contributed by atoms with Gasteiger partial charge in [0.25, 0.3) is 0 Å². The van der Waals surface area contributed by atoms with E-state index in [4.69, 9.17) is 5.26 Å². The molecule has 0 saturated carbocycles. The van der Waals surface area contributed by atoms with E-state index in [-0.39, 0.29) is 5.92 Å². The van der Waals surface area contributed by atoms with Gasteiger partial charge in [-0.05, 0) is 31.5 Å². The Labute approximate surface area is 93.1 Å². The van der Waals surface area contributed by atoms with E-state index in [1.807, 2.05) is 32.0 Å². The summed E-state index contributed by atoms with van der Waals surface area (Å²) in [5.74, 6) is 0.0355. The maximum Gasteiger partial charge on any atom is 0.0671 e. The Morgan fingerprint density at radius 1 is 1.57 bits per heavy atom. The molecule has 0 amide bonds. The van der Waals surface area contributed by atoms with Crippen molar-refractivity contribution in [2.45, 2.75) is 13.8 Å². The quantitative estimate of drug-likeness (QED) is 0.896. The van der Waals surface area contributed by atoms with E-state index in [0.717, 1.165) is 10.2 Å². The minimum absolute atomic E-state index is 0.0355. The fourth-order valence-electron chi connectivity index (χ4n) is 1.09. The zero-order valence-corrected chi connectivity index (χ0v) is 9.93. The molecule has 1 unspecified atom stereocenters. The van der Waals surface area contributed by atoms with Crippen LogP contribution >= 0.6 is 15.9 Å². The molecular weight excluding hydrogens is 240 g/mol. The average Bonchev–Trinajstić information content (AvgIpc) is 2.19. The molecule has 0 radical (unpaired) electrons. The first-order chi connectivity index (χ1) is 6.63. The van der Waals surface area contributed by atoms with Gasteiger partial charge in [-0.3, -0.25) is 0 Å². The van der Waals surface area contributed by atoms with Gasteiger partial charge < -0.3 is 5.32 Å². The Kier molecular flexibility index (Phi) is 3.97. The summed E-state index contributed by atoms with van der Waals surface area (Å²) in [5, 5.41) is 11.9. The minimum atomic E-state index is 0.0355. The summed E-state index contributed by atoms with van der Waals surface area (Å²) in [4.78, 5) is 0. The molecule has 0 spiro atoms. The minimum Gasteiger partial charge on any atom is -0.383 e. The second kappa shape index (κ2) is 5.02. The molecule has 3 heteroatoms. The molecule has 2 nitrogen and oxygen atoms in total. The zero-order valence-electron chi connectivity index (χ0n) is 8.34. The maximum absolute atomic E-state index is 8.64. The lowest BCUT2D eigenvalue weighted by atomic mass is 10.1. The Morgan fingerprint density at radius 3 is 2.93 bits per heavy atom. The van der Waals surface area contributed by atoms with E-state index in [2.05, 4.69) is 27.3 Å². The third-order valence-corrected chi connectivity index (χ3v) is 2.51. The summed E-state index contributed by atoms with van der Waals surface area (Å²) in [7, 11) is 0. The number of halogens is 1. The van der Waals surface area contributed by atoms with Crippen LogP contribution in [-0.2, 0) is 0 Å². The highest BCUT2D eigenvalue weighted by Crippen LogP contribution is 2.20. The van der Waals surface area contributed by atoms with Crippen LogP contribution < -0.4 is 5.32 Å². The molecule has 1 rings (SSSR count). The van der Waals surface area contributed by atoms with E-state index >= 15 is 0 Å². The van der Waals surface area contributed by atoms with Gasteiger partial charge in [0, 0.05) is 16.7 Å². The molecule has 0 heterocycles. The molecule has 14 heavy (non-hydrogen) atoms. The molecule has 0 aromatic heterocycles. The monoisotopic (exact) mass is 252 g/mol. The van der Waals surface area contributed by atoms with Crippen molar-refractivity contribution in [2.75, 3.05) is 11.9 Å². The van der Waals surface area contributed by atoms with Gasteiger partial charge in [-0.2, -0.15) is 5.26 Å². The number of benzene rings is 1. The second-order valence-corrected chi connectivity index (χ2v) is 4.29. The van der Waals surface area contributed by atoms with Crippen molar-refractivity contribution in [3.63, 3.8) is 0 Å². The van der Waals surface area contributed by atoms with Gasteiger partial charge in [0.1, 0.15) is 0 Å². The van der Waals surface area contributed by atoms with Crippen LogP contribution in [0.5, 0.6) is 0 Å². The third-order valence-electron chi connectivity index (χ3n) is 2.02. The van der Waals surface area contributed by atoms with Crippen LogP contribution in [0.2, 0.25) is 0 Å². The standard InChI is InChI=1S/C11H13BrN2/c1-8(6-13)7-14-11-5-10(12)4-3-9(11)2/h3-5,8,14H,7H2,1-2H3. The van der Waals surface area contributed by atoms with E-state index in [1.165, 1.54) is 5.56 Å². The number of nitriles is 1. The zero-order chi connectivity index (χ0) is 10.6. The van der Waals surface area contributed by atoms with Gasteiger partial charge in [0.15, 0.2) is 0 Å². The highest BCUT2D eigenvalue weighted by molar-refractivity contribution is 9.10. The fourth-order valence-corrected chi connectivity index (χ4v) is 1.45. The molecule has 0 aliphatic rings. The summed E-state index contributed by atoms with van der Waals surface area (Å²) < 4.78 is 1.05. The molecule has 1 atom stereocenters. The van der Waals surface area contributed by atoms with Gasteiger partial charge in [-0.25, -0.2) is 0 Å². The first kappa shape index (κ1) is 11.1. The van der Waals surface area contributed by atoms with Crippen molar-refractivity contribution in [3.8, 4) is 6.07 Å². The first-order valence-corrected chi connectivity index (χ1v) is 5.32. The Bertz CT molecular complexity index is 355. The van der Waals surface area contributed by atoms with E-state index in [9.17, 15) is 0 Å². The highest BCUT2D eigenvalue weighted by atomic mass is 79.9. The summed E-state index contributed by atoms with van der Waals surface area (Å²) in [6, 6.07) is 8.28. The van der Waals surface area contributed by atoms with Crippen LogP contribution in [0, 0.1) is 24.2 Å². The number of hydrogen-bond donors (Lipinski definition) is 1. The molecule has 0 aliphatic carbocycles.